The van der Waals surface area contributed by atoms with Crippen molar-refractivity contribution in [3.8, 4) is 0 Å². The molecule has 0 saturated carbocycles. The van der Waals surface area contributed by atoms with Gasteiger partial charge in [0.2, 0.25) is 0 Å². The van der Waals surface area contributed by atoms with E-state index >= 15 is 0 Å². The van der Waals surface area contributed by atoms with Gasteiger partial charge in [-0.05, 0) is 43.0 Å². The van der Waals surface area contributed by atoms with Crippen molar-refractivity contribution in [2.75, 3.05) is 0 Å². The van der Waals surface area contributed by atoms with Gasteiger partial charge in [0.25, 0.3) is 0 Å². The van der Waals surface area contributed by atoms with Crippen molar-refractivity contribution < 1.29 is 9.52 Å². The third-order valence-corrected chi connectivity index (χ3v) is 3.70. The van der Waals surface area contributed by atoms with Gasteiger partial charge in [-0.25, -0.2) is 0 Å². The van der Waals surface area contributed by atoms with Crippen molar-refractivity contribution in [2.24, 2.45) is 0 Å². The number of aliphatic hydroxyl groups excluding tert-OH is 1. The summed E-state index contributed by atoms with van der Waals surface area (Å²) in [6.45, 7) is 0. The average Bonchev–Trinajstić information content (AvgIpc) is 2.67. The number of para-hydroxylation sites is 1. The van der Waals surface area contributed by atoms with E-state index in [1.54, 1.807) is 0 Å². The number of rotatable bonds is 1. The van der Waals surface area contributed by atoms with E-state index in [2.05, 4.69) is 0 Å². The Kier molecular flexibility index (Phi) is 3.14. The van der Waals surface area contributed by atoms with Gasteiger partial charge in [0, 0.05) is 5.39 Å². The van der Waals surface area contributed by atoms with Crippen LogP contribution in [0.3, 0.4) is 0 Å². The zero-order chi connectivity index (χ0) is 12.5. The Morgan fingerprint density at radius 3 is 3.00 bits per heavy atom. The third kappa shape index (κ3) is 2.18. The van der Waals surface area contributed by atoms with Crippen LogP contribution in [0.4, 0.5) is 0 Å². The van der Waals surface area contributed by atoms with E-state index in [1.807, 2.05) is 30.3 Å². The van der Waals surface area contributed by atoms with Crippen molar-refractivity contribution >= 4 is 28.1 Å². The molecule has 1 aliphatic carbocycles. The smallest absolute Gasteiger partial charge is 0.153 e. The summed E-state index contributed by atoms with van der Waals surface area (Å²) in [5, 5.41) is 11.5. The molecule has 0 fully saturated rings. The summed E-state index contributed by atoms with van der Waals surface area (Å²) in [5.74, 6) is 0.832. The number of halogens is 1. The maximum absolute atomic E-state index is 9.81. The van der Waals surface area contributed by atoms with Crippen LogP contribution in [-0.4, -0.2) is 11.2 Å². The van der Waals surface area contributed by atoms with Crippen LogP contribution in [0, 0.1) is 0 Å². The number of fused-ring (bicyclic) bond motifs is 1. The van der Waals surface area contributed by atoms with Gasteiger partial charge in [-0.2, -0.15) is 0 Å². The van der Waals surface area contributed by atoms with E-state index in [4.69, 9.17) is 16.0 Å². The van der Waals surface area contributed by atoms with Crippen molar-refractivity contribution in [3.05, 3.63) is 41.1 Å². The highest BCUT2D eigenvalue weighted by molar-refractivity contribution is 6.34. The van der Waals surface area contributed by atoms with Gasteiger partial charge in [-0.15, -0.1) is 0 Å². The monoisotopic (exact) mass is 262 g/mol. The Morgan fingerprint density at radius 2 is 2.17 bits per heavy atom. The second-order valence-electron chi connectivity index (χ2n) is 4.77. The minimum Gasteiger partial charge on any atom is -0.455 e. The number of benzene rings is 1. The van der Waals surface area contributed by atoms with Crippen molar-refractivity contribution in [1.82, 2.24) is 0 Å². The van der Waals surface area contributed by atoms with Gasteiger partial charge < -0.3 is 9.52 Å². The van der Waals surface area contributed by atoms with E-state index in [0.29, 0.717) is 5.02 Å². The number of hydrogen-bond donors (Lipinski definition) is 1. The van der Waals surface area contributed by atoms with Crippen LogP contribution in [0.25, 0.3) is 16.5 Å². The SMILES string of the molecule is OC1C=C(c2cc3cccc(Cl)c3o2)CCCC1. The maximum Gasteiger partial charge on any atom is 0.153 e. The predicted octanol–water partition coefficient (Wildman–Crippen LogP) is 4.40. The molecule has 1 aliphatic rings. The number of allylic oxidation sites excluding steroid dienone is 1. The van der Waals surface area contributed by atoms with Crippen molar-refractivity contribution in [3.63, 3.8) is 0 Å². The average molecular weight is 263 g/mol. The van der Waals surface area contributed by atoms with Crippen LogP contribution in [0.5, 0.6) is 0 Å². The normalized spacial score (nSPS) is 20.8. The molecule has 0 saturated heterocycles. The van der Waals surface area contributed by atoms with Gasteiger partial charge in [0.05, 0.1) is 11.1 Å². The lowest BCUT2D eigenvalue weighted by Crippen LogP contribution is -1.99. The summed E-state index contributed by atoms with van der Waals surface area (Å²) in [6, 6.07) is 7.74. The molecule has 18 heavy (non-hydrogen) atoms. The standard InChI is InChI=1S/C15H15ClO2/c16-13-7-3-5-11-9-14(18-15(11)13)10-4-1-2-6-12(17)8-10/h3,5,7-9,12,17H,1-2,4,6H2. The van der Waals surface area contributed by atoms with E-state index < -0.39 is 0 Å². The molecule has 1 N–H and O–H groups in total. The van der Waals surface area contributed by atoms with Gasteiger partial charge in [0.15, 0.2) is 5.58 Å². The molecule has 2 nitrogen and oxygen atoms in total. The molecule has 94 valence electrons. The fourth-order valence-electron chi connectivity index (χ4n) is 2.46. The summed E-state index contributed by atoms with van der Waals surface area (Å²) >= 11 is 6.11. The van der Waals surface area contributed by atoms with Crippen LogP contribution < -0.4 is 0 Å². The molecule has 3 rings (SSSR count). The van der Waals surface area contributed by atoms with Gasteiger partial charge in [0.1, 0.15) is 5.76 Å². The molecule has 0 bridgehead atoms. The topological polar surface area (TPSA) is 33.4 Å². The summed E-state index contributed by atoms with van der Waals surface area (Å²) < 4.78 is 5.83. The lowest BCUT2D eigenvalue weighted by atomic mass is 10.1. The first-order chi connectivity index (χ1) is 8.74. The second kappa shape index (κ2) is 4.79. The Labute approximate surface area is 111 Å². The highest BCUT2D eigenvalue weighted by atomic mass is 35.5. The molecule has 0 amide bonds. The van der Waals surface area contributed by atoms with Gasteiger partial charge >= 0.3 is 0 Å². The highest BCUT2D eigenvalue weighted by Gasteiger charge is 2.15. The molecular formula is C15H15ClO2. The van der Waals surface area contributed by atoms with Gasteiger partial charge in [-0.1, -0.05) is 30.2 Å². The Bertz CT molecular complexity index is 598. The molecule has 0 spiro atoms. The fourth-order valence-corrected chi connectivity index (χ4v) is 2.68. The first-order valence-electron chi connectivity index (χ1n) is 6.31. The first kappa shape index (κ1) is 11.8. The number of aliphatic hydroxyl groups is 1. The Morgan fingerprint density at radius 1 is 1.28 bits per heavy atom. The molecule has 2 aromatic rings. The highest BCUT2D eigenvalue weighted by Crippen LogP contribution is 2.33. The van der Waals surface area contributed by atoms with Crippen LogP contribution in [0.2, 0.25) is 5.02 Å². The minimum absolute atomic E-state index is 0.355. The second-order valence-corrected chi connectivity index (χ2v) is 5.18. The summed E-state index contributed by atoms with van der Waals surface area (Å²) in [6.07, 6.45) is 5.50. The largest absolute Gasteiger partial charge is 0.455 e. The Hall–Kier alpha value is -1.25. The molecule has 0 radical (unpaired) electrons. The zero-order valence-corrected chi connectivity index (χ0v) is 10.8. The van der Waals surface area contributed by atoms with Crippen LogP contribution in [0.15, 0.2) is 34.8 Å². The van der Waals surface area contributed by atoms with Crippen molar-refractivity contribution in [1.29, 1.82) is 0 Å². The van der Waals surface area contributed by atoms with Gasteiger partial charge in [-0.3, -0.25) is 0 Å². The molecule has 3 heteroatoms. The van der Waals surface area contributed by atoms with Crippen LogP contribution in [-0.2, 0) is 0 Å². The molecule has 1 aromatic heterocycles. The third-order valence-electron chi connectivity index (χ3n) is 3.40. The minimum atomic E-state index is -0.355. The van der Waals surface area contributed by atoms with Crippen LogP contribution in [0.1, 0.15) is 31.4 Å². The quantitative estimate of drug-likeness (QED) is 0.826. The van der Waals surface area contributed by atoms with E-state index in [9.17, 15) is 5.11 Å². The predicted molar refractivity (Wildman–Crippen MR) is 73.7 cm³/mol. The number of hydrogen-bond acceptors (Lipinski definition) is 2. The lowest BCUT2D eigenvalue weighted by molar-refractivity contribution is 0.211. The summed E-state index contributed by atoms with van der Waals surface area (Å²) in [5.41, 5.74) is 1.82. The molecule has 0 aliphatic heterocycles. The Balaban J connectivity index is 2.06. The molecule has 1 unspecified atom stereocenters. The van der Waals surface area contributed by atoms with Crippen molar-refractivity contribution in [2.45, 2.75) is 31.8 Å². The molecular weight excluding hydrogens is 248 g/mol. The zero-order valence-electron chi connectivity index (χ0n) is 10.0. The number of furan rings is 1. The first-order valence-corrected chi connectivity index (χ1v) is 6.69. The summed E-state index contributed by atoms with van der Waals surface area (Å²) in [7, 11) is 0. The molecule has 1 aromatic carbocycles. The molecule has 1 heterocycles. The van der Waals surface area contributed by atoms with E-state index in [0.717, 1.165) is 48.0 Å². The van der Waals surface area contributed by atoms with E-state index in [1.165, 1.54) is 0 Å². The van der Waals surface area contributed by atoms with Crippen LogP contribution >= 0.6 is 11.6 Å². The fraction of sp³-hybridized carbons (Fsp3) is 0.333. The lowest BCUT2D eigenvalue weighted by Gasteiger charge is -2.02. The maximum atomic E-state index is 9.81. The summed E-state index contributed by atoms with van der Waals surface area (Å²) in [4.78, 5) is 0. The van der Waals surface area contributed by atoms with E-state index in [-0.39, 0.29) is 6.10 Å². The molecule has 1 atom stereocenters.